The summed E-state index contributed by atoms with van der Waals surface area (Å²) >= 11 is 0. The van der Waals surface area contributed by atoms with Gasteiger partial charge in [-0.05, 0) is 61.4 Å². The quantitative estimate of drug-likeness (QED) is 0.679. The van der Waals surface area contributed by atoms with Crippen LogP contribution >= 0.6 is 0 Å². The van der Waals surface area contributed by atoms with Crippen molar-refractivity contribution in [1.29, 1.82) is 0 Å². The van der Waals surface area contributed by atoms with E-state index >= 15 is 0 Å². The first-order valence-corrected chi connectivity index (χ1v) is 10.00. The number of carbonyl (C=O) groups excluding carboxylic acids is 1. The number of ether oxygens (including phenoxy) is 1. The molecule has 2 aromatic carbocycles. The molecule has 3 aromatic rings. The molecule has 29 heavy (non-hydrogen) atoms. The lowest BCUT2D eigenvalue weighted by atomic mass is 10.0. The van der Waals surface area contributed by atoms with E-state index in [1.807, 2.05) is 43.1 Å². The first kappa shape index (κ1) is 19.4. The number of likely N-dealkylation sites (N-methyl/N-ethyl adjacent to an activating group) is 1. The molecule has 0 radical (unpaired) electrons. The largest absolute Gasteiger partial charge is 0.497 e. The van der Waals surface area contributed by atoms with Gasteiger partial charge in [-0.3, -0.25) is 9.69 Å². The van der Waals surface area contributed by atoms with Crippen LogP contribution in [0.3, 0.4) is 0 Å². The van der Waals surface area contributed by atoms with Crippen molar-refractivity contribution < 1.29 is 9.53 Å². The maximum absolute atomic E-state index is 12.5. The molecule has 5 nitrogen and oxygen atoms in total. The molecule has 0 spiro atoms. The smallest absolute Gasteiger partial charge is 0.239 e. The van der Waals surface area contributed by atoms with Gasteiger partial charge in [0.25, 0.3) is 0 Å². The van der Waals surface area contributed by atoms with Crippen molar-refractivity contribution in [2.24, 2.45) is 0 Å². The molecule has 1 amide bonds. The Morgan fingerprint density at radius 1 is 1.10 bits per heavy atom. The van der Waals surface area contributed by atoms with Crippen molar-refractivity contribution in [3.63, 3.8) is 0 Å². The van der Waals surface area contributed by atoms with Crippen LogP contribution in [0.25, 0.3) is 22.2 Å². The summed E-state index contributed by atoms with van der Waals surface area (Å²) < 4.78 is 5.31. The summed E-state index contributed by atoms with van der Waals surface area (Å²) in [4.78, 5) is 21.5. The molecule has 5 heteroatoms. The predicted octanol–water partition coefficient (Wildman–Crippen LogP) is 3.88. The second-order valence-electron chi connectivity index (χ2n) is 7.83. The topological polar surface area (TPSA) is 45.7 Å². The van der Waals surface area contributed by atoms with Gasteiger partial charge < -0.3 is 9.64 Å². The third-order valence-corrected chi connectivity index (χ3v) is 5.79. The highest BCUT2D eigenvalue weighted by Gasteiger charge is 2.29. The van der Waals surface area contributed by atoms with Gasteiger partial charge in [0.1, 0.15) is 5.75 Å². The molecule has 0 N–H and O–H groups in total. The van der Waals surface area contributed by atoms with E-state index in [4.69, 9.17) is 9.72 Å². The molecule has 0 saturated carbocycles. The highest BCUT2D eigenvalue weighted by Crippen LogP contribution is 2.29. The molecule has 0 bridgehead atoms. The summed E-state index contributed by atoms with van der Waals surface area (Å²) in [7, 11) is 3.54. The van der Waals surface area contributed by atoms with Gasteiger partial charge in [0, 0.05) is 37.6 Å². The molecule has 1 aliphatic heterocycles. The van der Waals surface area contributed by atoms with Crippen LogP contribution in [0.15, 0.2) is 48.5 Å². The van der Waals surface area contributed by atoms with Crippen molar-refractivity contribution in [3.05, 3.63) is 59.7 Å². The molecular formula is C24H27N3O2. The van der Waals surface area contributed by atoms with E-state index < -0.39 is 0 Å². The van der Waals surface area contributed by atoms with Gasteiger partial charge in [0.05, 0.1) is 24.4 Å². The van der Waals surface area contributed by atoms with E-state index in [0.29, 0.717) is 6.54 Å². The fourth-order valence-corrected chi connectivity index (χ4v) is 3.93. The summed E-state index contributed by atoms with van der Waals surface area (Å²) in [6.45, 7) is 6.38. The lowest BCUT2D eigenvalue weighted by Gasteiger charge is -2.37. The Hall–Kier alpha value is -2.92. The number of fused-ring (bicyclic) bond motifs is 1. The van der Waals surface area contributed by atoms with Crippen LogP contribution in [-0.4, -0.2) is 54.0 Å². The second-order valence-corrected chi connectivity index (χ2v) is 7.83. The fraction of sp³-hybridized carbons (Fsp3) is 0.333. The number of methoxy groups -OCH3 is 1. The van der Waals surface area contributed by atoms with Crippen LogP contribution in [-0.2, 0) is 11.3 Å². The van der Waals surface area contributed by atoms with E-state index in [9.17, 15) is 4.79 Å². The number of benzene rings is 2. The summed E-state index contributed by atoms with van der Waals surface area (Å²) in [5.41, 5.74) is 5.33. The summed E-state index contributed by atoms with van der Waals surface area (Å²) in [5, 5.41) is 1.12. The zero-order valence-corrected chi connectivity index (χ0v) is 17.5. The number of rotatable bonds is 4. The SMILES string of the molecule is COc1ccc(-c2nc3cc(C)ccc3cc2CN2CCN(C)C(=O)C2C)cc1. The van der Waals surface area contributed by atoms with E-state index in [1.165, 1.54) is 5.56 Å². The van der Waals surface area contributed by atoms with E-state index in [2.05, 4.69) is 36.1 Å². The summed E-state index contributed by atoms with van der Waals surface area (Å²) in [6.07, 6.45) is 0. The third kappa shape index (κ3) is 3.83. The third-order valence-electron chi connectivity index (χ3n) is 5.79. The number of amides is 1. The van der Waals surface area contributed by atoms with Crippen molar-refractivity contribution in [3.8, 4) is 17.0 Å². The number of aromatic nitrogens is 1. The van der Waals surface area contributed by atoms with Crippen LogP contribution in [0.4, 0.5) is 0 Å². The molecule has 2 heterocycles. The van der Waals surface area contributed by atoms with E-state index in [1.54, 1.807) is 7.11 Å². The Morgan fingerprint density at radius 3 is 2.59 bits per heavy atom. The highest BCUT2D eigenvalue weighted by atomic mass is 16.5. The molecule has 1 aliphatic rings. The van der Waals surface area contributed by atoms with E-state index in [-0.39, 0.29) is 11.9 Å². The fourth-order valence-electron chi connectivity index (χ4n) is 3.93. The lowest BCUT2D eigenvalue weighted by Crippen LogP contribution is -2.53. The number of carbonyl (C=O) groups is 1. The number of hydrogen-bond acceptors (Lipinski definition) is 4. The molecule has 1 atom stereocenters. The van der Waals surface area contributed by atoms with Crippen LogP contribution in [0, 0.1) is 6.92 Å². The average molecular weight is 389 g/mol. The zero-order chi connectivity index (χ0) is 20.5. The number of aryl methyl sites for hydroxylation is 1. The maximum atomic E-state index is 12.5. The van der Waals surface area contributed by atoms with Gasteiger partial charge in [0.15, 0.2) is 0 Å². The Morgan fingerprint density at radius 2 is 1.86 bits per heavy atom. The van der Waals surface area contributed by atoms with Gasteiger partial charge in [-0.2, -0.15) is 0 Å². The van der Waals surface area contributed by atoms with Crippen molar-refractivity contribution in [1.82, 2.24) is 14.8 Å². The minimum atomic E-state index is -0.133. The van der Waals surface area contributed by atoms with Crippen molar-refractivity contribution in [2.45, 2.75) is 26.4 Å². The molecule has 0 aliphatic carbocycles. The first-order chi connectivity index (χ1) is 14.0. The van der Waals surface area contributed by atoms with Gasteiger partial charge >= 0.3 is 0 Å². The Balaban J connectivity index is 1.78. The van der Waals surface area contributed by atoms with Crippen molar-refractivity contribution in [2.75, 3.05) is 27.2 Å². The van der Waals surface area contributed by atoms with Crippen molar-refractivity contribution >= 4 is 16.8 Å². The minimum Gasteiger partial charge on any atom is -0.497 e. The maximum Gasteiger partial charge on any atom is 0.239 e. The van der Waals surface area contributed by atoms with Gasteiger partial charge in [0.2, 0.25) is 5.91 Å². The molecule has 1 aromatic heterocycles. The summed E-state index contributed by atoms with van der Waals surface area (Å²) in [6, 6.07) is 16.5. The van der Waals surface area contributed by atoms with Crippen LogP contribution in [0.1, 0.15) is 18.1 Å². The van der Waals surface area contributed by atoms with Gasteiger partial charge in [-0.15, -0.1) is 0 Å². The van der Waals surface area contributed by atoms with Gasteiger partial charge in [-0.1, -0.05) is 12.1 Å². The highest BCUT2D eigenvalue weighted by molar-refractivity contribution is 5.84. The molecule has 150 valence electrons. The molecule has 1 fully saturated rings. The van der Waals surface area contributed by atoms with Crippen LogP contribution in [0.2, 0.25) is 0 Å². The normalized spacial score (nSPS) is 17.7. The van der Waals surface area contributed by atoms with Crippen LogP contribution in [0.5, 0.6) is 5.75 Å². The van der Waals surface area contributed by atoms with Crippen LogP contribution < -0.4 is 4.74 Å². The monoisotopic (exact) mass is 389 g/mol. The lowest BCUT2D eigenvalue weighted by molar-refractivity contribution is -0.139. The number of piperazine rings is 1. The Bertz CT molecular complexity index is 1050. The number of nitrogens with zero attached hydrogens (tertiary/aromatic N) is 3. The standard InChI is InChI=1S/C24H27N3O2/c1-16-5-6-19-14-20(15-27-12-11-26(3)24(28)17(27)2)23(25-22(19)13-16)18-7-9-21(29-4)10-8-18/h5-10,13-14,17H,11-12,15H2,1-4H3. The second kappa shape index (κ2) is 7.84. The van der Waals surface area contributed by atoms with Gasteiger partial charge in [-0.25, -0.2) is 4.98 Å². The molecule has 1 saturated heterocycles. The molecule has 1 unspecified atom stereocenters. The summed E-state index contributed by atoms with van der Waals surface area (Å²) in [5.74, 6) is 0.997. The Kier molecular flexibility index (Phi) is 5.24. The average Bonchev–Trinajstić information content (AvgIpc) is 2.74. The number of pyridine rings is 1. The zero-order valence-electron chi connectivity index (χ0n) is 17.5. The van der Waals surface area contributed by atoms with E-state index in [0.717, 1.165) is 46.6 Å². The first-order valence-electron chi connectivity index (χ1n) is 10.00. The number of hydrogen-bond donors (Lipinski definition) is 0. The predicted molar refractivity (Wildman–Crippen MR) is 116 cm³/mol. The minimum absolute atomic E-state index is 0.133. The molecule has 4 rings (SSSR count). The molecular weight excluding hydrogens is 362 g/mol. The Labute approximate surface area is 171 Å².